The zero-order chi connectivity index (χ0) is 32.7. The van der Waals surface area contributed by atoms with Crippen LogP contribution in [0.1, 0.15) is 130 Å². The van der Waals surface area contributed by atoms with Gasteiger partial charge in [-0.15, -0.1) is 6.58 Å². The summed E-state index contributed by atoms with van der Waals surface area (Å²) in [6.07, 6.45) is 27.6. The van der Waals surface area contributed by atoms with Crippen molar-refractivity contribution in [2.75, 3.05) is 6.54 Å². The fraction of sp³-hybridized carbons (Fsp3) is 0.524. The normalized spacial score (nSPS) is 15.1. The molecule has 1 heteroatoms. The van der Waals surface area contributed by atoms with Gasteiger partial charge in [0.1, 0.15) is 0 Å². The second kappa shape index (κ2) is 23.6. The van der Waals surface area contributed by atoms with E-state index in [2.05, 4.69) is 135 Å². The van der Waals surface area contributed by atoms with E-state index in [0.717, 1.165) is 18.7 Å². The molecule has 0 saturated heterocycles. The molecule has 0 aliphatic heterocycles. The van der Waals surface area contributed by atoms with Crippen molar-refractivity contribution < 1.29 is 0 Å². The average Bonchev–Trinajstić information content (AvgIpc) is 2.94. The first-order chi connectivity index (χ1) is 20.4. The molecule has 0 unspecified atom stereocenters. The lowest BCUT2D eigenvalue weighted by Gasteiger charge is -2.32. The molecular weight excluding hydrogens is 518 g/mol. The molecule has 0 bridgehead atoms. The van der Waals surface area contributed by atoms with E-state index in [1.54, 1.807) is 11.6 Å². The molecule has 0 fully saturated rings. The van der Waals surface area contributed by atoms with E-state index in [1.807, 2.05) is 6.92 Å². The van der Waals surface area contributed by atoms with Crippen molar-refractivity contribution in [3.8, 4) is 0 Å². The highest BCUT2D eigenvalue weighted by Gasteiger charge is 2.26. The second-order valence-corrected chi connectivity index (χ2v) is 12.9. The van der Waals surface area contributed by atoms with Gasteiger partial charge in [0.25, 0.3) is 0 Å². The number of nitrogens with one attached hydrogen (secondary N) is 1. The Morgan fingerprint density at radius 1 is 0.953 bits per heavy atom. The van der Waals surface area contributed by atoms with Gasteiger partial charge in [-0.2, -0.15) is 0 Å². The summed E-state index contributed by atoms with van der Waals surface area (Å²) >= 11 is 0. The number of aryl methyl sites for hydroxylation is 2. The predicted octanol–water partition coefficient (Wildman–Crippen LogP) is 13.0. The lowest BCUT2D eigenvalue weighted by Crippen LogP contribution is -2.19. The minimum atomic E-state index is 0.328. The van der Waals surface area contributed by atoms with Crippen molar-refractivity contribution in [3.05, 3.63) is 119 Å². The molecule has 1 N–H and O–H groups in total. The summed E-state index contributed by atoms with van der Waals surface area (Å²) in [5.41, 5.74) is 11.3. The molecule has 0 radical (unpaired) electrons. The largest absolute Gasteiger partial charge is 0.389 e. The van der Waals surface area contributed by atoms with E-state index < -0.39 is 0 Å². The first-order valence-electron chi connectivity index (χ1n) is 16.9. The Labute approximate surface area is 268 Å². The second-order valence-electron chi connectivity index (χ2n) is 12.9. The van der Waals surface area contributed by atoms with Gasteiger partial charge in [0, 0.05) is 18.7 Å². The van der Waals surface area contributed by atoms with Crippen LogP contribution in [-0.4, -0.2) is 6.54 Å². The van der Waals surface area contributed by atoms with Gasteiger partial charge < -0.3 is 5.32 Å². The number of hydrogen-bond donors (Lipinski definition) is 1. The van der Waals surface area contributed by atoms with Gasteiger partial charge in [-0.05, 0) is 101 Å². The molecule has 1 aromatic rings. The van der Waals surface area contributed by atoms with Crippen molar-refractivity contribution in [1.82, 2.24) is 5.32 Å². The number of unbranched alkanes of at least 4 members (excludes halogenated alkanes) is 4. The summed E-state index contributed by atoms with van der Waals surface area (Å²) in [5, 5.41) is 3.43. The van der Waals surface area contributed by atoms with E-state index >= 15 is 0 Å². The van der Waals surface area contributed by atoms with Crippen molar-refractivity contribution >= 4 is 0 Å². The lowest BCUT2D eigenvalue weighted by molar-refractivity contribution is 0.377. The van der Waals surface area contributed by atoms with Gasteiger partial charge >= 0.3 is 0 Å². The van der Waals surface area contributed by atoms with E-state index in [1.165, 1.54) is 91.2 Å². The van der Waals surface area contributed by atoms with Crippen LogP contribution >= 0.6 is 0 Å². The standard InChI is InChI=1S/C22H34.C17H27N.C3H6/c1-7-8-11-18(2)12-9-13-19(3)15-16-21-20(4)14-10-17-22(21,5)6;1-5-6-7-8-11-18-16(4)13-17-10-9-14(2)15(3)12-17;1-3-2/h9,11-13,15-16H,7-8,10,14,17H2,1-6H3;9-10,12,18H,4-8,11,13H2,1-3H3;3H,1H2,2H3/b12-9+,16-15+,18-11+,19-13+;;. The smallest absolute Gasteiger partial charge is 0.0143 e. The summed E-state index contributed by atoms with van der Waals surface area (Å²) in [6.45, 7) is 30.6. The Morgan fingerprint density at radius 3 is 2.26 bits per heavy atom. The molecule has 0 atom stereocenters. The summed E-state index contributed by atoms with van der Waals surface area (Å²) < 4.78 is 0. The average molecular weight is 586 g/mol. The van der Waals surface area contributed by atoms with Crippen LogP contribution in [0, 0.1) is 19.3 Å². The molecule has 1 aliphatic rings. The summed E-state index contributed by atoms with van der Waals surface area (Å²) in [6, 6.07) is 6.66. The molecule has 1 aliphatic carbocycles. The molecule has 1 aromatic carbocycles. The summed E-state index contributed by atoms with van der Waals surface area (Å²) in [7, 11) is 0. The van der Waals surface area contributed by atoms with Crippen LogP contribution in [0.2, 0.25) is 0 Å². The molecule has 0 amide bonds. The van der Waals surface area contributed by atoms with Gasteiger partial charge in [0.05, 0.1) is 0 Å². The molecule has 43 heavy (non-hydrogen) atoms. The van der Waals surface area contributed by atoms with E-state index in [0.29, 0.717) is 5.41 Å². The SMILES string of the molecule is C=C(Cc1ccc(C)c(C)c1)NCCCCCC.C=CC.CCC/C=C(C)/C=C/C=C(C)/C=C/C1=C(C)CCCC1(C)C. The number of allylic oxidation sites excluding steroid dienone is 12. The maximum atomic E-state index is 4.11. The number of hydrogen-bond acceptors (Lipinski definition) is 1. The first kappa shape index (κ1) is 40.2. The van der Waals surface area contributed by atoms with Crippen molar-refractivity contribution in [2.45, 2.75) is 133 Å². The molecule has 0 aromatic heterocycles. The zero-order valence-electron chi connectivity index (χ0n) is 30.0. The Kier molecular flexibility index (Phi) is 22.1. The van der Waals surface area contributed by atoms with Gasteiger partial charge in [-0.3, -0.25) is 0 Å². The van der Waals surface area contributed by atoms with Gasteiger partial charge in [0.2, 0.25) is 0 Å². The first-order valence-corrected chi connectivity index (χ1v) is 16.9. The molecule has 1 nitrogen and oxygen atoms in total. The monoisotopic (exact) mass is 586 g/mol. The fourth-order valence-corrected chi connectivity index (χ4v) is 5.11. The Bertz CT molecular complexity index is 1100. The van der Waals surface area contributed by atoms with Crippen LogP contribution in [0.5, 0.6) is 0 Å². The van der Waals surface area contributed by atoms with Crippen LogP contribution in [0.15, 0.2) is 102 Å². The van der Waals surface area contributed by atoms with Gasteiger partial charge in [0.15, 0.2) is 0 Å². The zero-order valence-corrected chi connectivity index (χ0v) is 30.0. The topological polar surface area (TPSA) is 12.0 Å². The van der Waals surface area contributed by atoms with Crippen molar-refractivity contribution in [1.29, 1.82) is 0 Å². The van der Waals surface area contributed by atoms with Crippen LogP contribution in [0.25, 0.3) is 0 Å². The molecule has 2 rings (SSSR count). The van der Waals surface area contributed by atoms with E-state index in [-0.39, 0.29) is 0 Å². The molecular formula is C42H67N. The summed E-state index contributed by atoms with van der Waals surface area (Å²) in [4.78, 5) is 0. The van der Waals surface area contributed by atoms with Gasteiger partial charge in [-0.25, -0.2) is 0 Å². The lowest BCUT2D eigenvalue weighted by atomic mass is 9.72. The molecule has 240 valence electrons. The van der Waals surface area contributed by atoms with Crippen molar-refractivity contribution in [2.24, 2.45) is 5.41 Å². The highest BCUT2D eigenvalue weighted by molar-refractivity contribution is 5.37. The Hall–Kier alpha value is -2.80. The minimum absolute atomic E-state index is 0.328. The Balaban J connectivity index is 0.000000763. The third kappa shape index (κ3) is 19.2. The number of benzene rings is 1. The highest BCUT2D eigenvalue weighted by atomic mass is 14.9. The molecule has 0 spiro atoms. The fourth-order valence-electron chi connectivity index (χ4n) is 5.11. The van der Waals surface area contributed by atoms with E-state index in [9.17, 15) is 0 Å². The number of rotatable bonds is 14. The van der Waals surface area contributed by atoms with Crippen LogP contribution in [-0.2, 0) is 6.42 Å². The maximum Gasteiger partial charge on any atom is 0.0143 e. The quantitative estimate of drug-likeness (QED) is 0.130. The molecule has 0 saturated carbocycles. The minimum Gasteiger partial charge on any atom is -0.389 e. The summed E-state index contributed by atoms with van der Waals surface area (Å²) in [5.74, 6) is 0. The Morgan fingerprint density at radius 2 is 1.65 bits per heavy atom. The van der Waals surface area contributed by atoms with Gasteiger partial charge in [-0.1, -0.05) is 137 Å². The highest BCUT2D eigenvalue weighted by Crippen LogP contribution is 2.40. The third-order valence-electron chi connectivity index (χ3n) is 7.92. The third-order valence-corrected chi connectivity index (χ3v) is 7.92. The maximum absolute atomic E-state index is 4.11. The van der Waals surface area contributed by atoms with Crippen molar-refractivity contribution in [3.63, 3.8) is 0 Å². The predicted molar refractivity (Wildman–Crippen MR) is 198 cm³/mol. The van der Waals surface area contributed by atoms with Crippen LogP contribution < -0.4 is 5.32 Å². The molecule has 0 heterocycles. The van der Waals surface area contributed by atoms with Crippen LogP contribution in [0.3, 0.4) is 0 Å². The van der Waals surface area contributed by atoms with Crippen LogP contribution in [0.4, 0.5) is 0 Å². The van der Waals surface area contributed by atoms with E-state index in [4.69, 9.17) is 0 Å².